The third-order valence-electron chi connectivity index (χ3n) is 3.41. The summed E-state index contributed by atoms with van der Waals surface area (Å²) in [5.74, 6) is -1.52. The fourth-order valence-electron chi connectivity index (χ4n) is 2.17. The molecule has 0 aliphatic carbocycles. The first-order valence-electron chi connectivity index (χ1n) is 7.17. The molecule has 0 atom stereocenters. The van der Waals surface area contributed by atoms with Crippen LogP contribution in [0.3, 0.4) is 0 Å². The molecule has 0 bridgehead atoms. The molecule has 5 heteroatoms. The molecule has 0 aliphatic heterocycles. The van der Waals surface area contributed by atoms with Crippen molar-refractivity contribution in [3.05, 3.63) is 64.5 Å². The van der Waals surface area contributed by atoms with E-state index in [1.54, 1.807) is 32.0 Å². The molecule has 0 fully saturated rings. The van der Waals surface area contributed by atoms with Crippen LogP contribution in [0.4, 0.5) is 10.1 Å². The molecule has 120 valence electrons. The first kappa shape index (κ1) is 16.7. The highest BCUT2D eigenvalue weighted by molar-refractivity contribution is 5.96. The van der Waals surface area contributed by atoms with Crippen LogP contribution in [-0.2, 0) is 9.53 Å². The Morgan fingerprint density at radius 1 is 1.04 bits per heavy atom. The average molecular weight is 315 g/mol. The molecule has 23 heavy (non-hydrogen) atoms. The summed E-state index contributed by atoms with van der Waals surface area (Å²) in [5.41, 5.74) is 3.33. The average Bonchev–Trinajstić information content (AvgIpc) is 2.48. The zero-order valence-electron chi connectivity index (χ0n) is 13.3. The highest BCUT2D eigenvalue weighted by atomic mass is 19.1. The minimum atomic E-state index is -0.561. The Labute approximate surface area is 134 Å². The lowest BCUT2D eigenvalue weighted by atomic mass is 10.1. The quantitative estimate of drug-likeness (QED) is 0.878. The van der Waals surface area contributed by atoms with Crippen molar-refractivity contribution in [1.82, 2.24) is 0 Å². The van der Waals surface area contributed by atoms with Crippen LogP contribution in [0.5, 0.6) is 0 Å². The number of hydrogen-bond acceptors (Lipinski definition) is 3. The van der Waals surface area contributed by atoms with Crippen LogP contribution in [0, 0.1) is 26.6 Å². The fourth-order valence-corrected chi connectivity index (χ4v) is 2.17. The van der Waals surface area contributed by atoms with Crippen molar-refractivity contribution in [3.63, 3.8) is 0 Å². The maximum atomic E-state index is 13.2. The molecule has 4 nitrogen and oxygen atoms in total. The van der Waals surface area contributed by atoms with Gasteiger partial charge in [-0.25, -0.2) is 9.18 Å². The summed E-state index contributed by atoms with van der Waals surface area (Å²) < 4.78 is 18.2. The smallest absolute Gasteiger partial charge is 0.338 e. The second kappa shape index (κ2) is 7.05. The van der Waals surface area contributed by atoms with Crippen LogP contribution in [0.1, 0.15) is 27.0 Å². The van der Waals surface area contributed by atoms with Crippen molar-refractivity contribution >= 4 is 17.6 Å². The van der Waals surface area contributed by atoms with Gasteiger partial charge in [0.15, 0.2) is 6.61 Å². The standard InChI is InChI=1S/C18H18FNO3/c1-11-4-7-15(13(3)8-11)18(22)23-10-17(21)20-16-9-14(19)6-5-12(16)2/h4-9H,10H2,1-3H3,(H,20,21). The minimum absolute atomic E-state index is 0.359. The number of halogens is 1. The van der Waals surface area contributed by atoms with Crippen molar-refractivity contribution in [1.29, 1.82) is 0 Å². The first-order chi connectivity index (χ1) is 10.9. The first-order valence-corrected chi connectivity index (χ1v) is 7.17. The predicted octanol–water partition coefficient (Wildman–Crippen LogP) is 3.55. The zero-order chi connectivity index (χ0) is 17.0. The highest BCUT2D eigenvalue weighted by Gasteiger charge is 2.13. The van der Waals surface area contributed by atoms with Gasteiger partial charge in [0.25, 0.3) is 5.91 Å². The molecule has 1 amide bonds. The van der Waals surface area contributed by atoms with Crippen LogP contribution in [0.2, 0.25) is 0 Å². The lowest BCUT2D eigenvalue weighted by molar-refractivity contribution is -0.119. The number of amides is 1. The van der Waals surface area contributed by atoms with E-state index in [9.17, 15) is 14.0 Å². The Morgan fingerprint density at radius 2 is 1.78 bits per heavy atom. The number of ether oxygens (including phenoxy) is 1. The third-order valence-corrected chi connectivity index (χ3v) is 3.41. The summed E-state index contributed by atoms with van der Waals surface area (Å²) >= 11 is 0. The van der Waals surface area contributed by atoms with E-state index in [1.165, 1.54) is 12.1 Å². The van der Waals surface area contributed by atoms with E-state index in [4.69, 9.17) is 4.74 Å². The third kappa shape index (κ3) is 4.39. The number of carbonyl (C=O) groups excluding carboxylic acids is 2. The Kier molecular flexibility index (Phi) is 5.11. The van der Waals surface area contributed by atoms with Gasteiger partial charge in [0.1, 0.15) is 5.82 Å². The molecule has 0 heterocycles. The van der Waals surface area contributed by atoms with E-state index < -0.39 is 24.3 Å². The second-order valence-corrected chi connectivity index (χ2v) is 5.40. The van der Waals surface area contributed by atoms with E-state index in [0.29, 0.717) is 11.3 Å². The molecule has 0 saturated heterocycles. The predicted molar refractivity (Wildman–Crippen MR) is 86.0 cm³/mol. The lowest BCUT2D eigenvalue weighted by Crippen LogP contribution is -2.21. The van der Waals surface area contributed by atoms with Gasteiger partial charge in [0.05, 0.1) is 5.56 Å². The van der Waals surface area contributed by atoms with Crippen LogP contribution >= 0.6 is 0 Å². The van der Waals surface area contributed by atoms with Crippen molar-refractivity contribution in [2.24, 2.45) is 0 Å². The fraction of sp³-hybridized carbons (Fsp3) is 0.222. The molecule has 0 spiro atoms. The molecule has 2 rings (SSSR count). The van der Waals surface area contributed by atoms with Crippen LogP contribution in [-0.4, -0.2) is 18.5 Å². The maximum Gasteiger partial charge on any atom is 0.338 e. The zero-order valence-corrected chi connectivity index (χ0v) is 13.3. The highest BCUT2D eigenvalue weighted by Crippen LogP contribution is 2.16. The number of aryl methyl sites for hydroxylation is 3. The van der Waals surface area contributed by atoms with E-state index >= 15 is 0 Å². The minimum Gasteiger partial charge on any atom is -0.452 e. The molecule has 0 aromatic heterocycles. The van der Waals surface area contributed by atoms with Gasteiger partial charge in [-0.1, -0.05) is 23.8 Å². The maximum absolute atomic E-state index is 13.2. The Morgan fingerprint density at radius 3 is 2.48 bits per heavy atom. The Hall–Kier alpha value is -2.69. The molecule has 1 N–H and O–H groups in total. The number of hydrogen-bond donors (Lipinski definition) is 1. The number of esters is 1. The number of rotatable bonds is 4. The SMILES string of the molecule is Cc1ccc(C(=O)OCC(=O)Nc2cc(F)ccc2C)c(C)c1. The number of anilines is 1. The van der Waals surface area contributed by atoms with Crippen molar-refractivity contribution in [2.75, 3.05) is 11.9 Å². The molecule has 0 aliphatic rings. The summed E-state index contributed by atoms with van der Waals surface area (Å²) in [6, 6.07) is 9.44. The van der Waals surface area contributed by atoms with Crippen molar-refractivity contribution in [2.45, 2.75) is 20.8 Å². The number of carbonyl (C=O) groups is 2. The summed E-state index contributed by atoms with van der Waals surface area (Å²) in [6.45, 7) is 5.05. The van der Waals surface area contributed by atoms with Crippen molar-refractivity contribution in [3.8, 4) is 0 Å². The number of nitrogens with one attached hydrogen (secondary N) is 1. The van der Waals surface area contributed by atoms with E-state index in [2.05, 4.69) is 5.32 Å². The molecule has 0 unspecified atom stereocenters. The molecular weight excluding hydrogens is 297 g/mol. The topological polar surface area (TPSA) is 55.4 Å². The molecule has 0 radical (unpaired) electrons. The van der Waals surface area contributed by atoms with Crippen LogP contribution in [0.15, 0.2) is 36.4 Å². The monoisotopic (exact) mass is 315 g/mol. The molecule has 2 aromatic rings. The molecular formula is C18H18FNO3. The normalized spacial score (nSPS) is 10.3. The summed E-state index contributed by atoms with van der Waals surface area (Å²) in [4.78, 5) is 23.8. The van der Waals surface area contributed by atoms with Gasteiger partial charge in [0, 0.05) is 5.69 Å². The van der Waals surface area contributed by atoms with Gasteiger partial charge >= 0.3 is 5.97 Å². The van der Waals surface area contributed by atoms with Gasteiger partial charge in [-0.2, -0.15) is 0 Å². The van der Waals surface area contributed by atoms with Crippen LogP contribution < -0.4 is 5.32 Å². The van der Waals surface area contributed by atoms with E-state index in [-0.39, 0.29) is 0 Å². The lowest BCUT2D eigenvalue weighted by Gasteiger charge is -2.10. The van der Waals surface area contributed by atoms with Gasteiger partial charge in [-0.3, -0.25) is 4.79 Å². The van der Waals surface area contributed by atoms with E-state index in [0.717, 1.165) is 16.7 Å². The molecule has 2 aromatic carbocycles. The summed E-state index contributed by atoms with van der Waals surface area (Å²) in [6.07, 6.45) is 0. The number of benzene rings is 2. The summed E-state index contributed by atoms with van der Waals surface area (Å²) in [7, 11) is 0. The largest absolute Gasteiger partial charge is 0.452 e. The van der Waals surface area contributed by atoms with Crippen molar-refractivity contribution < 1.29 is 18.7 Å². The molecule has 0 saturated carbocycles. The van der Waals surface area contributed by atoms with Gasteiger partial charge in [-0.15, -0.1) is 0 Å². The Balaban J connectivity index is 1.96. The van der Waals surface area contributed by atoms with E-state index in [1.807, 2.05) is 13.0 Å². The summed E-state index contributed by atoms with van der Waals surface area (Å²) in [5, 5.41) is 2.53. The van der Waals surface area contributed by atoms with Gasteiger partial charge in [0.2, 0.25) is 0 Å². The second-order valence-electron chi connectivity index (χ2n) is 5.40. The Bertz CT molecular complexity index is 756. The van der Waals surface area contributed by atoms with Crippen LogP contribution in [0.25, 0.3) is 0 Å². The van der Waals surface area contributed by atoms with Gasteiger partial charge < -0.3 is 10.1 Å². The van der Waals surface area contributed by atoms with Gasteiger partial charge in [-0.05, 0) is 50.1 Å².